The summed E-state index contributed by atoms with van der Waals surface area (Å²) in [7, 11) is 0. The van der Waals surface area contributed by atoms with Gasteiger partial charge in [-0.05, 0) is 56.4 Å². The minimum absolute atomic E-state index is 0.0730. The molecule has 1 aliphatic carbocycles. The van der Waals surface area contributed by atoms with Crippen molar-refractivity contribution >= 4 is 40.5 Å². The third-order valence-corrected chi connectivity index (χ3v) is 6.85. The van der Waals surface area contributed by atoms with E-state index in [9.17, 15) is 14.0 Å². The summed E-state index contributed by atoms with van der Waals surface area (Å²) in [6, 6.07) is 5.59. The summed E-state index contributed by atoms with van der Waals surface area (Å²) >= 11 is 6.20. The molecule has 170 valence electrons. The normalized spacial score (nSPS) is 22.8. The molecule has 1 spiro atoms. The SMILES string of the molecule is CCC1=NN(c2ccc(F)cc2Cl)C(=O)[C@]12CC[C@H](NC(=O)c1cnn3cccnc13)CC2. The zero-order valence-electron chi connectivity index (χ0n) is 18.0. The van der Waals surface area contributed by atoms with Crippen LogP contribution < -0.4 is 10.3 Å². The Balaban J connectivity index is 1.31. The highest BCUT2D eigenvalue weighted by molar-refractivity contribution is 6.34. The maximum atomic E-state index is 13.5. The van der Waals surface area contributed by atoms with Gasteiger partial charge >= 0.3 is 0 Å². The number of hydrogen-bond donors (Lipinski definition) is 1. The lowest BCUT2D eigenvalue weighted by Crippen LogP contribution is -2.47. The van der Waals surface area contributed by atoms with E-state index in [2.05, 4.69) is 20.5 Å². The molecule has 2 aromatic heterocycles. The second-order valence-electron chi connectivity index (χ2n) is 8.39. The van der Waals surface area contributed by atoms with Crippen LogP contribution in [-0.4, -0.2) is 38.2 Å². The zero-order chi connectivity index (χ0) is 23.2. The van der Waals surface area contributed by atoms with Crippen LogP contribution in [0, 0.1) is 11.2 Å². The highest BCUT2D eigenvalue weighted by Crippen LogP contribution is 2.46. The van der Waals surface area contributed by atoms with Gasteiger partial charge in [0.1, 0.15) is 11.4 Å². The first-order valence-electron chi connectivity index (χ1n) is 10.9. The van der Waals surface area contributed by atoms with Gasteiger partial charge in [-0.3, -0.25) is 9.59 Å². The zero-order valence-corrected chi connectivity index (χ0v) is 18.7. The van der Waals surface area contributed by atoms with Crippen molar-refractivity contribution in [2.45, 2.75) is 45.1 Å². The van der Waals surface area contributed by atoms with Gasteiger partial charge in [-0.1, -0.05) is 18.5 Å². The summed E-state index contributed by atoms with van der Waals surface area (Å²) in [5.41, 5.74) is 1.37. The predicted octanol–water partition coefficient (Wildman–Crippen LogP) is 3.99. The first-order chi connectivity index (χ1) is 15.9. The van der Waals surface area contributed by atoms with Gasteiger partial charge in [0, 0.05) is 18.4 Å². The Morgan fingerprint density at radius 2 is 2.12 bits per heavy atom. The molecule has 0 bridgehead atoms. The number of carbonyl (C=O) groups is 2. The molecule has 0 unspecified atom stereocenters. The van der Waals surface area contributed by atoms with Crippen LogP contribution >= 0.6 is 11.6 Å². The molecule has 33 heavy (non-hydrogen) atoms. The summed E-state index contributed by atoms with van der Waals surface area (Å²) in [5.74, 6) is -0.849. The van der Waals surface area contributed by atoms with Crippen LogP contribution in [0.25, 0.3) is 5.65 Å². The Kier molecular flexibility index (Phi) is 5.36. The summed E-state index contributed by atoms with van der Waals surface area (Å²) in [6.45, 7) is 1.97. The molecular formula is C23H22ClFN6O2. The van der Waals surface area contributed by atoms with Crippen molar-refractivity contribution in [1.29, 1.82) is 0 Å². The Morgan fingerprint density at radius 3 is 2.85 bits per heavy atom. The fraction of sp³-hybridized carbons (Fsp3) is 0.348. The highest BCUT2D eigenvalue weighted by Gasteiger charge is 2.52. The first kappa shape index (κ1) is 21.5. The number of anilines is 1. The van der Waals surface area contributed by atoms with Gasteiger partial charge < -0.3 is 5.32 Å². The number of nitrogens with one attached hydrogen (secondary N) is 1. The third-order valence-electron chi connectivity index (χ3n) is 6.55. The third kappa shape index (κ3) is 3.56. The predicted molar refractivity (Wildman–Crippen MR) is 122 cm³/mol. The van der Waals surface area contributed by atoms with Crippen molar-refractivity contribution in [3.63, 3.8) is 0 Å². The number of nitrogens with zero attached hydrogens (tertiary/aromatic N) is 5. The van der Waals surface area contributed by atoms with Gasteiger partial charge in [0.25, 0.3) is 11.8 Å². The molecule has 8 nitrogen and oxygen atoms in total. The average molecular weight is 469 g/mol. The molecule has 1 N–H and O–H groups in total. The molecule has 2 amide bonds. The first-order valence-corrected chi connectivity index (χ1v) is 11.3. The number of benzene rings is 1. The molecule has 0 atom stereocenters. The number of carbonyl (C=O) groups excluding carboxylic acids is 2. The quantitative estimate of drug-likeness (QED) is 0.626. The van der Waals surface area contributed by atoms with Crippen molar-refractivity contribution in [3.8, 4) is 0 Å². The van der Waals surface area contributed by atoms with Gasteiger partial charge in [-0.2, -0.15) is 15.2 Å². The lowest BCUT2D eigenvalue weighted by atomic mass is 9.68. The molecule has 1 aliphatic heterocycles. The Bertz CT molecular complexity index is 1280. The molecule has 0 radical (unpaired) electrons. The van der Waals surface area contributed by atoms with Crippen LogP contribution in [0.3, 0.4) is 0 Å². The summed E-state index contributed by atoms with van der Waals surface area (Å²) in [4.78, 5) is 30.6. The Labute approximate surface area is 194 Å². The van der Waals surface area contributed by atoms with E-state index in [1.54, 1.807) is 23.0 Å². The van der Waals surface area contributed by atoms with Crippen molar-refractivity contribution in [2.75, 3.05) is 5.01 Å². The molecular weight excluding hydrogens is 447 g/mol. The second kappa shape index (κ2) is 8.22. The Hall–Kier alpha value is -3.33. The topological polar surface area (TPSA) is 92.0 Å². The van der Waals surface area contributed by atoms with E-state index in [0.29, 0.717) is 49.0 Å². The summed E-state index contributed by atoms with van der Waals surface area (Å²) < 4.78 is 15.0. The number of hydrogen-bond acceptors (Lipinski definition) is 5. The van der Waals surface area contributed by atoms with E-state index in [1.807, 2.05) is 6.92 Å². The molecule has 0 saturated heterocycles. The van der Waals surface area contributed by atoms with Crippen molar-refractivity contribution in [1.82, 2.24) is 19.9 Å². The van der Waals surface area contributed by atoms with Gasteiger partial charge in [0.05, 0.1) is 28.0 Å². The maximum Gasteiger partial charge on any atom is 0.259 e. The highest BCUT2D eigenvalue weighted by atomic mass is 35.5. The number of rotatable bonds is 4. The monoisotopic (exact) mass is 468 g/mol. The Morgan fingerprint density at radius 1 is 1.33 bits per heavy atom. The summed E-state index contributed by atoms with van der Waals surface area (Å²) in [5, 5.41) is 13.3. The molecule has 1 fully saturated rings. The number of halogens is 2. The van der Waals surface area contributed by atoms with E-state index in [0.717, 1.165) is 5.71 Å². The van der Waals surface area contributed by atoms with E-state index in [4.69, 9.17) is 11.6 Å². The standard InChI is InChI=1S/C23H22ClFN6O2/c1-2-19-23(22(33)31(29-19)18-5-4-14(25)12-17(18)24)8-6-15(7-9-23)28-21(32)16-13-27-30-11-3-10-26-20(16)30/h3-5,10-13,15H,2,6-9H2,1H3,(H,28,32)/t15-,23-. The molecule has 1 aromatic carbocycles. The van der Waals surface area contributed by atoms with E-state index in [-0.39, 0.29) is 22.9 Å². The number of aromatic nitrogens is 3. The maximum absolute atomic E-state index is 13.5. The average Bonchev–Trinajstić information content (AvgIpc) is 3.35. The smallest absolute Gasteiger partial charge is 0.259 e. The lowest BCUT2D eigenvalue weighted by Gasteiger charge is -2.36. The molecule has 1 saturated carbocycles. The lowest BCUT2D eigenvalue weighted by molar-refractivity contribution is -0.125. The van der Waals surface area contributed by atoms with Crippen molar-refractivity contribution in [3.05, 3.63) is 59.3 Å². The van der Waals surface area contributed by atoms with Crippen LogP contribution in [0.15, 0.2) is 48.0 Å². The van der Waals surface area contributed by atoms with E-state index >= 15 is 0 Å². The van der Waals surface area contributed by atoms with Crippen LogP contribution in [0.1, 0.15) is 49.4 Å². The number of fused-ring (bicyclic) bond motifs is 1. The van der Waals surface area contributed by atoms with Crippen LogP contribution in [0.4, 0.5) is 10.1 Å². The van der Waals surface area contributed by atoms with E-state index in [1.165, 1.54) is 29.4 Å². The molecule has 10 heteroatoms. The van der Waals surface area contributed by atoms with Crippen LogP contribution in [-0.2, 0) is 4.79 Å². The molecule has 2 aliphatic rings. The van der Waals surface area contributed by atoms with Crippen LogP contribution in [0.5, 0.6) is 0 Å². The van der Waals surface area contributed by atoms with Gasteiger partial charge in [0.2, 0.25) is 0 Å². The summed E-state index contributed by atoms with van der Waals surface area (Å²) in [6.07, 6.45) is 7.87. The van der Waals surface area contributed by atoms with Crippen molar-refractivity contribution < 1.29 is 14.0 Å². The van der Waals surface area contributed by atoms with Gasteiger partial charge in [-0.25, -0.2) is 13.9 Å². The minimum Gasteiger partial charge on any atom is -0.349 e. The molecule has 3 aromatic rings. The van der Waals surface area contributed by atoms with Crippen LogP contribution in [0.2, 0.25) is 5.02 Å². The largest absolute Gasteiger partial charge is 0.349 e. The number of amides is 2. The molecule has 3 heterocycles. The van der Waals surface area contributed by atoms with Gasteiger partial charge in [0.15, 0.2) is 5.65 Å². The fourth-order valence-corrected chi connectivity index (χ4v) is 5.07. The van der Waals surface area contributed by atoms with Crippen molar-refractivity contribution in [2.24, 2.45) is 10.5 Å². The number of hydrazone groups is 1. The van der Waals surface area contributed by atoms with Gasteiger partial charge in [-0.15, -0.1) is 0 Å². The fourth-order valence-electron chi connectivity index (χ4n) is 4.82. The second-order valence-corrected chi connectivity index (χ2v) is 8.80. The molecule has 5 rings (SSSR count). The minimum atomic E-state index is -0.723. The van der Waals surface area contributed by atoms with E-state index < -0.39 is 11.2 Å².